The molecule has 1 nitrogen and oxygen atoms in total. The molecule has 0 saturated carbocycles. The molecule has 0 aliphatic rings. The second kappa shape index (κ2) is 8.36. The van der Waals surface area contributed by atoms with E-state index in [4.69, 9.17) is 0 Å². The normalized spacial score (nSPS) is 18.0. The smallest absolute Gasteiger partial charge is 0.0687 e. The third-order valence-corrected chi connectivity index (χ3v) is 14.5. The first-order valence-electron chi connectivity index (χ1n) is 9.57. The molecule has 0 fully saturated rings. The van der Waals surface area contributed by atoms with Gasteiger partial charge in [0.05, 0.1) is 8.07 Å². The molecular formula is C22H44OSi. The highest BCUT2D eigenvalue weighted by Gasteiger charge is 2.54. The first-order valence-corrected chi connectivity index (χ1v) is 12.0. The monoisotopic (exact) mass is 352 g/mol. The average molecular weight is 353 g/mol. The molecule has 0 radical (unpaired) electrons. The van der Waals surface area contributed by atoms with Gasteiger partial charge < -0.3 is 5.11 Å². The summed E-state index contributed by atoms with van der Waals surface area (Å²) in [6.45, 7) is 27.7. The highest BCUT2D eigenvalue weighted by molar-refractivity contribution is 6.85. The molecule has 0 bridgehead atoms. The summed E-state index contributed by atoms with van der Waals surface area (Å²) in [4.78, 5) is 0. The Balaban J connectivity index is 6.02. The first kappa shape index (κ1) is 23.7. The van der Waals surface area contributed by atoms with Crippen LogP contribution in [-0.4, -0.2) is 19.8 Å². The lowest BCUT2D eigenvalue weighted by atomic mass is 9.80. The van der Waals surface area contributed by atoms with Crippen molar-refractivity contribution in [1.82, 2.24) is 0 Å². The van der Waals surface area contributed by atoms with Crippen molar-refractivity contribution in [3.63, 3.8) is 0 Å². The Hall–Kier alpha value is -0.343. The van der Waals surface area contributed by atoms with E-state index in [-0.39, 0.29) is 22.1 Å². The van der Waals surface area contributed by atoms with Gasteiger partial charge in [0.15, 0.2) is 0 Å². The molecule has 24 heavy (non-hydrogen) atoms. The van der Waals surface area contributed by atoms with E-state index in [1.54, 1.807) is 0 Å². The van der Waals surface area contributed by atoms with E-state index in [0.29, 0.717) is 11.8 Å². The van der Waals surface area contributed by atoms with Crippen LogP contribution in [0.2, 0.25) is 22.2 Å². The summed E-state index contributed by atoms with van der Waals surface area (Å²) in [6.07, 6.45) is 6.73. The summed E-state index contributed by atoms with van der Waals surface area (Å²) in [6, 6.07) is 2.23. The highest BCUT2D eigenvalue weighted by Crippen LogP contribution is 2.59. The minimum Gasteiger partial charge on any atom is -0.396 e. The van der Waals surface area contributed by atoms with Crippen LogP contribution in [0.1, 0.15) is 69.2 Å². The van der Waals surface area contributed by atoms with Gasteiger partial charge in [0.2, 0.25) is 0 Å². The van der Waals surface area contributed by atoms with E-state index in [0.717, 1.165) is 12.1 Å². The topological polar surface area (TPSA) is 20.2 Å². The molecule has 0 aromatic rings. The number of aliphatic hydroxyl groups is 1. The quantitative estimate of drug-likeness (QED) is 0.366. The predicted octanol–water partition coefficient (Wildman–Crippen LogP) is 7.07. The van der Waals surface area contributed by atoms with Gasteiger partial charge in [-0.3, -0.25) is 0 Å². The molecule has 0 saturated heterocycles. The fourth-order valence-corrected chi connectivity index (χ4v) is 11.2. The highest BCUT2D eigenvalue weighted by atomic mass is 28.3. The van der Waals surface area contributed by atoms with Gasteiger partial charge in [0.1, 0.15) is 0 Å². The first-order chi connectivity index (χ1) is 10.7. The summed E-state index contributed by atoms with van der Waals surface area (Å²) in [5.74, 6) is 0.919. The van der Waals surface area contributed by atoms with Crippen molar-refractivity contribution in [2.75, 3.05) is 6.61 Å². The Morgan fingerprint density at radius 3 is 1.67 bits per heavy atom. The Bertz CT molecular complexity index is 408. The molecule has 0 spiro atoms. The van der Waals surface area contributed by atoms with Crippen molar-refractivity contribution < 1.29 is 5.11 Å². The second-order valence-corrected chi connectivity index (χ2v) is 16.4. The minimum atomic E-state index is -1.79. The molecule has 0 aliphatic carbocycles. The molecule has 0 aromatic heterocycles. The minimum absolute atomic E-state index is 0.0822. The third kappa shape index (κ3) is 5.33. The second-order valence-electron chi connectivity index (χ2n) is 10.5. The van der Waals surface area contributed by atoms with Crippen LogP contribution in [-0.2, 0) is 0 Å². The SMILES string of the molecule is C=CC[Si](C[C@](C)(CO)[C@H](C)/C=C/C(C)C)(C(C)(C)C)C(C)(C)C. The van der Waals surface area contributed by atoms with E-state index >= 15 is 0 Å². The van der Waals surface area contributed by atoms with Gasteiger partial charge in [-0.1, -0.05) is 87.5 Å². The lowest BCUT2D eigenvalue weighted by molar-refractivity contribution is 0.121. The van der Waals surface area contributed by atoms with Gasteiger partial charge >= 0.3 is 0 Å². The number of hydrogen-bond donors (Lipinski definition) is 1. The summed E-state index contributed by atoms with van der Waals surface area (Å²) < 4.78 is 0. The van der Waals surface area contributed by atoms with Gasteiger partial charge in [-0.25, -0.2) is 0 Å². The van der Waals surface area contributed by atoms with Gasteiger partial charge in [-0.2, -0.15) is 0 Å². The molecule has 0 unspecified atom stereocenters. The van der Waals surface area contributed by atoms with E-state index in [1.807, 2.05) is 0 Å². The van der Waals surface area contributed by atoms with Crippen LogP contribution in [0.15, 0.2) is 24.8 Å². The Kier molecular flexibility index (Phi) is 8.24. The van der Waals surface area contributed by atoms with Crippen molar-refractivity contribution in [1.29, 1.82) is 0 Å². The van der Waals surface area contributed by atoms with Crippen molar-refractivity contribution in [3.8, 4) is 0 Å². The molecular weight excluding hydrogens is 308 g/mol. The van der Waals surface area contributed by atoms with Gasteiger partial charge in [0.25, 0.3) is 0 Å². The van der Waals surface area contributed by atoms with Crippen LogP contribution in [0.25, 0.3) is 0 Å². The van der Waals surface area contributed by atoms with Crippen LogP contribution in [0.3, 0.4) is 0 Å². The lowest BCUT2D eigenvalue weighted by Gasteiger charge is -2.56. The zero-order valence-electron chi connectivity index (χ0n) is 18.2. The maximum absolute atomic E-state index is 10.3. The number of hydrogen-bond acceptors (Lipinski definition) is 1. The van der Waals surface area contributed by atoms with E-state index in [1.165, 1.54) is 0 Å². The number of allylic oxidation sites excluding steroid dienone is 3. The maximum atomic E-state index is 10.3. The fourth-order valence-electron chi connectivity index (χ4n) is 4.26. The zero-order chi connectivity index (χ0) is 19.4. The molecule has 0 heterocycles. The Morgan fingerprint density at radius 2 is 1.38 bits per heavy atom. The van der Waals surface area contributed by atoms with Crippen molar-refractivity contribution in [3.05, 3.63) is 24.8 Å². The van der Waals surface area contributed by atoms with Gasteiger partial charge in [0, 0.05) is 6.61 Å². The standard InChI is InChI=1S/C22H44OSi/c1-12-15-24(20(5,6)7,21(8,9)10)17-22(11,16-23)19(4)14-13-18(2)3/h12-14,18-19,23H,1,15-17H2,2-11H3/b14-13+/t19-,22+/m1/s1. The average Bonchev–Trinajstić information content (AvgIpc) is 2.41. The largest absolute Gasteiger partial charge is 0.396 e. The molecule has 0 amide bonds. The molecule has 0 aromatic carbocycles. The summed E-state index contributed by atoms with van der Waals surface area (Å²) in [5.41, 5.74) is -0.0822. The molecule has 0 aliphatic heterocycles. The van der Waals surface area contributed by atoms with Crippen molar-refractivity contribution >= 4 is 8.07 Å². The van der Waals surface area contributed by atoms with E-state index < -0.39 is 8.07 Å². The van der Waals surface area contributed by atoms with Crippen LogP contribution in [0.4, 0.5) is 0 Å². The van der Waals surface area contributed by atoms with Crippen LogP contribution < -0.4 is 0 Å². The molecule has 2 atom stereocenters. The predicted molar refractivity (Wildman–Crippen MR) is 113 cm³/mol. The molecule has 0 rings (SSSR count). The van der Waals surface area contributed by atoms with E-state index in [9.17, 15) is 5.11 Å². The van der Waals surface area contributed by atoms with Crippen LogP contribution in [0.5, 0.6) is 0 Å². The molecule has 2 heteroatoms. The fraction of sp³-hybridized carbons (Fsp3) is 0.818. The number of aliphatic hydroxyl groups excluding tert-OH is 1. The van der Waals surface area contributed by atoms with Crippen LogP contribution in [0, 0.1) is 17.3 Å². The van der Waals surface area contributed by atoms with Crippen LogP contribution >= 0.6 is 0 Å². The summed E-state index contributed by atoms with van der Waals surface area (Å²) in [5, 5.41) is 10.9. The summed E-state index contributed by atoms with van der Waals surface area (Å²) in [7, 11) is -1.79. The number of rotatable bonds is 8. The molecule has 1 N–H and O–H groups in total. The lowest BCUT2D eigenvalue weighted by Crippen LogP contribution is -2.55. The Labute approximate surface area is 153 Å². The Morgan fingerprint density at radius 1 is 0.917 bits per heavy atom. The maximum Gasteiger partial charge on any atom is 0.0687 e. The zero-order valence-corrected chi connectivity index (χ0v) is 19.2. The van der Waals surface area contributed by atoms with Crippen molar-refractivity contribution in [2.24, 2.45) is 17.3 Å². The van der Waals surface area contributed by atoms with Gasteiger partial charge in [-0.05, 0) is 39.4 Å². The van der Waals surface area contributed by atoms with Gasteiger partial charge in [-0.15, -0.1) is 6.58 Å². The van der Waals surface area contributed by atoms with E-state index in [2.05, 4.69) is 94.0 Å². The summed E-state index contributed by atoms with van der Waals surface area (Å²) >= 11 is 0. The third-order valence-electron chi connectivity index (χ3n) is 6.31. The molecule has 142 valence electrons. The van der Waals surface area contributed by atoms with Crippen molar-refractivity contribution in [2.45, 2.75) is 91.4 Å².